The van der Waals surface area contributed by atoms with Crippen LogP contribution < -0.4 is 5.32 Å². The van der Waals surface area contributed by atoms with Crippen LogP contribution in [-0.4, -0.2) is 16.7 Å². The van der Waals surface area contributed by atoms with Gasteiger partial charge in [0.05, 0.1) is 12.0 Å². The van der Waals surface area contributed by atoms with Gasteiger partial charge in [-0.3, -0.25) is 9.50 Å². The molecule has 4 heteroatoms. The van der Waals surface area contributed by atoms with Gasteiger partial charge in [0.1, 0.15) is 0 Å². The van der Waals surface area contributed by atoms with Crippen molar-refractivity contribution in [3.05, 3.63) is 0 Å². The topological polar surface area (TPSA) is 24.6 Å². The highest BCUT2D eigenvalue weighted by Gasteiger charge is 2.47. The number of hydrogen-bond donors (Lipinski definition) is 1. The zero-order valence-corrected chi connectivity index (χ0v) is 10.1. The van der Waals surface area contributed by atoms with E-state index in [2.05, 4.69) is 19.2 Å². The molecule has 1 heterocycles. The minimum atomic E-state index is -0.0651. The van der Waals surface area contributed by atoms with Crippen LogP contribution in [-0.2, 0) is 4.18 Å². The van der Waals surface area contributed by atoms with Crippen LogP contribution in [0.4, 0.5) is 0 Å². The number of unbranched alkanes of at least 4 members (excludes halogenated alkanes) is 2. The smallest absolute Gasteiger partial charge is 0.254 e. The molecular formula is C9H19NOS2. The fourth-order valence-electron chi connectivity index (χ4n) is 0.965. The van der Waals surface area contributed by atoms with Gasteiger partial charge in [0.2, 0.25) is 0 Å². The highest BCUT2D eigenvalue weighted by Crippen LogP contribution is 2.53. The molecule has 1 atom stereocenters. The van der Waals surface area contributed by atoms with Crippen molar-refractivity contribution < 1.29 is 4.18 Å². The lowest BCUT2D eigenvalue weighted by Gasteiger charge is -2.10. The predicted octanol–water partition coefficient (Wildman–Crippen LogP) is 3.20. The lowest BCUT2D eigenvalue weighted by atomic mass is 10.3. The molecule has 1 N–H and O–H groups in total. The molecule has 0 aromatic rings. The standard InChI is InChI=1S/C9H19NOS2/c1-3-5-7-10-9(11-13-9)12-8-6-4-2/h10H,3-8H2,1-2H3. The van der Waals surface area contributed by atoms with Crippen LogP contribution in [0.2, 0.25) is 0 Å². The number of thioether (sulfide) groups is 1. The van der Waals surface area contributed by atoms with Crippen LogP contribution in [0.25, 0.3) is 0 Å². The van der Waals surface area contributed by atoms with E-state index in [4.69, 9.17) is 4.18 Å². The normalized spacial score (nSPS) is 26.3. The summed E-state index contributed by atoms with van der Waals surface area (Å²) in [5.41, 5.74) is 0. The van der Waals surface area contributed by atoms with Crippen molar-refractivity contribution >= 4 is 23.8 Å². The van der Waals surface area contributed by atoms with E-state index in [0.717, 1.165) is 6.54 Å². The first-order chi connectivity index (χ1) is 6.33. The largest absolute Gasteiger partial charge is 0.269 e. The molecule has 0 bridgehead atoms. The van der Waals surface area contributed by atoms with Gasteiger partial charge in [-0.25, -0.2) is 0 Å². The Kier molecular flexibility index (Phi) is 5.55. The summed E-state index contributed by atoms with van der Waals surface area (Å²) in [6, 6.07) is 0. The molecule has 0 saturated carbocycles. The van der Waals surface area contributed by atoms with E-state index in [0.29, 0.717) is 0 Å². The summed E-state index contributed by atoms with van der Waals surface area (Å²) in [7, 11) is 0. The van der Waals surface area contributed by atoms with Crippen molar-refractivity contribution in [1.29, 1.82) is 0 Å². The second kappa shape index (κ2) is 6.17. The molecule has 1 fully saturated rings. The van der Waals surface area contributed by atoms with Gasteiger partial charge in [-0.15, -0.1) is 0 Å². The Balaban J connectivity index is 2.01. The van der Waals surface area contributed by atoms with Crippen LogP contribution in [0.3, 0.4) is 0 Å². The molecule has 0 aliphatic carbocycles. The Hall–Kier alpha value is 0.620. The maximum atomic E-state index is 5.36. The van der Waals surface area contributed by atoms with E-state index in [1.807, 2.05) is 11.8 Å². The number of rotatable bonds is 8. The highest BCUT2D eigenvalue weighted by molar-refractivity contribution is 8.20. The minimum Gasteiger partial charge on any atom is -0.269 e. The van der Waals surface area contributed by atoms with Crippen LogP contribution in [0.1, 0.15) is 39.5 Å². The minimum absolute atomic E-state index is 0.0651. The summed E-state index contributed by atoms with van der Waals surface area (Å²) in [6.45, 7) is 5.50. The third kappa shape index (κ3) is 4.58. The van der Waals surface area contributed by atoms with Gasteiger partial charge < -0.3 is 0 Å². The summed E-state index contributed by atoms with van der Waals surface area (Å²) in [6.07, 6.45) is 5.03. The van der Waals surface area contributed by atoms with Crippen molar-refractivity contribution in [3.8, 4) is 0 Å². The highest BCUT2D eigenvalue weighted by atomic mass is 32.2. The molecule has 1 saturated heterocycles. The molecule has 1 aliphatic heterocycles. The molecule has 1 unspecified atom stereocenters. The summed E-state index contributed by atoms with van der Waals surface area (Å²) in [5.74, 6) is 1.20. The predicted molar refractivity (Wildman–Crippen MR) is 61.7 cm³/mol. The summed E-state index contributed by atoms with van der Waals surface area (Å²) in [5, 5.41) is 3.43. The third-order valence-electron chi connectivity index (χ3n) is 1.90. The first-order valence-electron chi connectivity index (χ1n) is 5.09. The van der Waals surface area contributed by atoms with Crippen LogP contribution in [0.15, 0.2) is 0 Å². The Labute approximate surface area is 89.8 Å². The second-order valence-corrected chi connectivity index (χ2v) is 5.64. The van der Waals surface area contributed by atoms with E-state index >= 15 is 0 Å². The fraction of sp³-hybridized carbons (Fsp3) is 1.00. The molecule has 1 rings (SSSR count). The molecule has 78 valence electrons. The second-order valence-electron chi connectivity index (χ2n) is 3.21. The molecule has 0 spiro atoms. The van der Waals surface area contributed by atoms with Gasteiger partial charge in [-0.2, -0.15) is 0 Å². The zero-order valence-electron chi connectivity index (χ0n) is 8.47. The number of hydrogen-bond acceptors (Lipinski definition) is 4. The van der Waals surface area contributed by atoms with E-state index in [9.17, 15) is 0 Å². The average molecular weight is 221 g/mol. The fourth-order valence-corrected chi connectivity index (χ4v) is 2.90. The van der Waals surface area contributed by atoms with Crippen molar-refractivity contribution in [2.75, 3.05) is 12.3 Å². The van der Waals surface area contributed by atoms with Gasteiger partial charge in [-0.1, -0.05) is 38.5 Å². The first-order valence-corrected chi connectivity index (χ1v) is 6.81. The van der Waals surface area contributed by atoms with Gasteiger partial charge in [0.25, 0.3) is 4.39 Å². The van der Waals surface area contributed by atoms with Crippen molar-refractivity contribution in [2.24, 2.45) is 0 Å². The quantitative estimate of drug-likeness (QED) is 0.294. The molecule has 1 aliphatic rings. The molecule has 0 aromatic heterocycles. The van der Waals surface area contributed by atoms with Crippen LogP contribution >= 0.6 is 23.8 Å². The molecule has 0 aromatic carbocycles. The Morgan fingerprint density at radius 1 is 1.31 bits per heavy atom. The average Bonchev–Trinajstić information content (AvgIpc) is 2.87. The van der Waals surface area contributed by atoms with Gasteiger partial charge in [-0.05, 0) is 25.1 Å². The van der Waals surface area contributed by atoms with Gasteiger partial charge >= 0.3 is 0 Å². The van der Waals surface area contributed by atoms with Crippen molar-refractivity contribution in [2.45, 2.75) is 43.9 Å². The Morgan fingerprint density at radius 2 is 2.00 bits per heavy atom. The van der Waals surface area contributed by atoms with Crippen molar-refractivity contribution in [1.82, 2.24) is 5.32 Å². The molecule has 13 heavy (non-hydrogen) atoms. The monoisotopic (exact) mass is 221 g/mol. The Morgan fingerprint density at radius 3 is 2.54 bits per heavy atom. The summed E-state index contributed by atoms with van der Waals surface area (Å²) < 4.78 is 5.29. The van der Waals surface area contributed by atoms with E-state index < -0.39 is 0 Å². The van der Waals surface area contributed by atoms with Gasteiger partial charge in [0, 0.05) is 0 Å². The molecule has 0 amide bonds. The molecule has 0 radical (unpaired) electrons. The third-order valence-corrected chi connectivity index (χ3v) is 4.29. The van der Waals surface area contributed by atoms with E-state index in [1.54, 1.807) is 12.0 Å². The maximum absolute atomic E-state index is 5.36. The van der Waals surface area contributed by atoms with Crippen LogP contribution in [0.5, 0.6) is 0 Å². The van der Waals surface area contributed by atoms with Crippen LogP contribution in [0, 0.1) is 0 Å². The molecular weight excluding hydrogens is 202 g/mol. The summed E-state index contributed by atoms with van der Waals surface area (Å²) in [4.78, 5) is 0. The SMILES string of the molecule is CCCCNC1(SCCCC)OS1. The lowest BCUT2D eigenvalue weighted by Crippen LogP contribution is -2.28. The van der Waals surface area contributed by atoms with E-state index in [-0.39, 0.29) is 4.39 Å². The lowest BCUT2D eigenvalue weighted by molar-refractivity contribution is 0.363. The van der Waals surface area contributed by atoms with Crippen molar-refractivity contribution in [3.63, 3.8) is 0 Å². The number of nitrogens with one attached hydrogen (secondary N) is 1. The molecule has 2 nitrogen and oxygen atoms in total. The summed E-state index contributed by atoms with van der Waals surface area (Å²) >= 11 is 3.46. The van der Waals surface area contributed by atoms with E-state index in [1.165, 1.54) is 31.4 Å². The van der Waals surface area contributed by atoms with Gasteiger partial charge in [0.15, 0.2) is 0 Å². The maximum Gasteiger partial charge on any atom is 0.254 e. The zero-order chi connectivity index (χ0) is 9.57. The first kappa shape index (κ1) is 11.7. The Bertz CT molecular complexity index is 128.